The number of amides is 2. The van der Waals surface area contributed by atoms with E-state index in [-0.39, 0.29) is 28.4 Å². The van der Waals surface area contributed by atoms with Gasteiger partial charge in [0.2, 0.25) is 0 Å². The molecule has 1 aliphatic carbocycles. The van der Waals surface area contributed by atoms with Gasteiger partial charge in [-0.25, -0.2) is 14.8 Å². The highest BCUT2D eigenvalue weighted by atomic mass is 35.5. The topological polar surface area (TPSA) is 190 Å². The summed E-state index contributed by atoms with van der Waals surface area (Å²) >= 11 is 5.82. The molecule has 224 valence electrons. The van der Waals surface area contributed by atoms with Gasteiger partial charge in [0.15, 0.2) is 28.4 Å². The molecule has 3 rings (SSSR count). The van der Waals surface area contributed by atoms with Gasteiger partial charge in [-0.15, -0.1) is 0 Å². The maximum atomic E-state index is 12.3. The largest absolute Gasteiger partial charge is 0.493 e. The Bertz CT molecular complexity index is 1250. The van der Waals surface area contributed by atoms with Gasteiger partial charge in [0.05, 0.1) is 6.61 Å². The van der Waals surface area contributed by atoms with Crippen LogP contribution in [-0.2, 0) is 24.0 Å². The number of guanidine groups is 1. The molecule has 13 heteroatoms. The molecule has 0 atom stereocenters. The highest BCUT2D eigenvalue weighted by Gasteiger charge is 2.19. The van der Waals surface area contributed by atoms with Gasteiger partial charge in [-0.1, -0.05) is 17.7 Å². The Morgan fingerprint density at radius 1 is 1.00 bits per heavy atom. The van der Waals surface area contributed by atoms with Crippen molar-refractivity contribution in [2.24, 2.45) is 0 Å². The Hall–Kier alpha value is -3.80. The van der Waals surface area contributed by atoms with Gasteiger partial charge in [0, 0.05) is 13.1 Å². The Morgan fingerprint density at radius 3 is 2.44 bits per heavy atom. The maximum absolute atomic E-state index is 12.3. The molecule has 41 heavy (non-hydrogen) atoms. The van der Waals surface area contributed by atoms with E-state index in [0.717, 1.165) is 50.7 Å². The van der Waals surface area contributed by atoms with E-state index in [1.54, 1.807) is 0 Å². The quantitative estimate of drug-likeness (QED) is 0.129. The number of nitrogens with two attached hydrogens (primary N) is 2. The summed E-state index contributed by atoms with van der Waals surface area (Å²) in [6.45, 7) is 7.03. The number of carbonyl (C=O) groups is 2. The Balaban J connectivity index is 1.41. The van der Waals surface area contributed by atoms with Crippen molar-refractivity contribution in [3.8, 4) is 5.75 Å². The number of fused-ring (bicyclic) bond motifs is 1. The van der Waals surface area contributed by atoms with Gasteiger partial charge in [0.1, 0.15) is 11.4 Å². The zero-order valence-electron chi connectivity index (χ0n) is 24.0. The van der Waals surface area contributed by atoms with E-state index in [1.165, 1.54) is 16.7 Å². The second kappa shape index (κ2) is 14.7. The van der Waals surface area contributed by atoms with Crippen LogP contribution in [0.1, 0.15) is 80.1 Å². The summed E-state index contributed by atoms with van der Waals surface area (Å²) in [5, 5.41) is 15.9. The highest BCUT2D eigenvalue weighted by molar-refractivity contribution is 6.31. The summed E-state index contributed by atoms with van der Waals surface area (Å²) in [6.07, 6.45) is 7.26. The number of rotatable bonds is 11. The van der Waals surface area contributed by atoms with Crippen molar-refractivity contribution in [2.45, 2.75) is 77.7 Å². The van der Waals surface area contributed by atoms with Crippen molar-refractivity contribution in [2.75, 3.05) is 31.2 Å². The number of alkyl carbamates (subject to hydrolysis) is 1. The van der Waals surface area contributed by atoms with Crippen LogP contribution in [0.2, 0.25) is 5.15 Å². The predicted molar refractivity (Wildman–Crippen MR) is 159 cm³/mol. The van der Waals surface area contributed by atoms with Gasteiger partial charge in [-0.3, -0.25) is 15.5 Å². The first-order valence-corrected chi connectivity index (χ1v) is 14.3. The lowest BCUT2D eigenvalue weighted by Crippen LogP contribution is -2.41. The SMILES string of the molecule is CC(C)(C)OC(=O)NCCCOc1ccc(CCCCNC(=N)NC(=O)c2nc(Cl)c(N)nc2N)c2c1CCCC2. The monoisotopic (exact) mass is 588 g/mol. The number of carbonyl (C=O) groups excluding carboxylic acids is 2. The zero-order chi connectivity index (χ0) is 30.0. The summed E-state index contributed by atoms with van der Waals surface area (Å²) in [6, 6.07) is 4.21. The molecule has 0 saturated heterocycles. The van der Waals surface area contributed by atoms with Crippen LogP contribution in [0.3, 0.4) is 0 Å². The van der Waals surface area contributed by atoms with Crippen molar-refractivity contribution in [3.63, 3.8) is 0 Å². The lowest BCUT2D eigenvalue weighted by Gasteiger charge is -2.23. The Kier molecular flexibility index (Phi) is 11.4. The molecule has 0 fully saturated rings. The van der Waals surface area contributed by atoms with Crippen molar-refractivity contribution in [1.82, 2.24) is 25.9 Å². The number of benzene rings is 1. The fraction of sp³-hybridized carbons (Fsp3) is 0.536. The maximum Gasteiger partial charge on any atom is 0.407 e. The lowest BCUT2D eigenvalue weighted by atomic mass is 9.86. The molecule has 0 saturated carbocycles. The standard InChI is InChI=1S/C28H41ClN8O4/c1-28(2,3)41-27(39)34-15-8-16-40-20-13-12-17(18-10-4-5-11-19(18)20)9-6-7-14-33-26(32)37-25(38)21-23(30)36-24(31)22(29)35-21/h12-13H,4-11,14-16H2,1-3H3,(H,34,39)(H4,30,31,36)(H3,32,33,37,38). The molecule has 1 heterocycles. The van der Waals surface area contributed by atoms with E-state index in [4.69, 9.17) is 38.0 Å². The summed E-state index contributed by atoms with van der Waals surface area (Å²) < 4.78 is 11.4. The molecule has 1 aliphatic rings. The first-order chi connectivity index (χ1) is 19.4. The van der Waals surface area contributed by atoms with Crippen LogP contribution < -0.4 is 32.2 Å². The normalized spacial score (nSPS) is 12.7. The molecule has 0 spiro atoms. The number of hydrogen-bond acceptors (Lipinski definition) is 9. The van der Waals surface area contributed by atoms with Crippen LogP contribution in [0.25, 0.3) is 0 Å². The number of aromatic nitrogens is 2. The van der Waals surface area contributed by atoms with Crippen molar-refractivity contribution in [3.05, 3.63) is 39.7 Å². The van der Waals surface area contributed by atoms with E-state index in [1.807, 2.05) is 20.8 Å². The second-order valence-electron chi connectivity index (χ2n) is 10.9. The average molecular weight is 589 g/mol. The molecule has 0 bridgehead atoms. The number of nitrogens with one attached hydrogen (secondary N) is 4. The summed E-state index contributed by atoms with van der Waals surface area (Å²) in [7, 11) is 0. The minimum atomic E-state index is -0.692. The van der Waals surface area contributed by atoms with Gasteiger partial charge < -0.3 is 31.6 Å². The summed E-state index contributed by atoms with van der Waals surface area (Å²) in [5.41, 5.74) is 14.5. The molecule has 2 amide bonds. The zero-order valence-corrected chi connectivity index (χ0v) is 24.7. The van der Waals surface area contributed by atoms with E-state index >= 15 is 0 Å². The lowest BCUT2D eigenvalue weighted by molar-refractivity contribution is 0.0525. The van der Waals surface area contributed by atoms with Crippen molar-refractivity contribution < 1.29 is 19.1 Å². The third-order valence-corrected chi connectivity index (χ3v) is 6.65. The minimum absolute atomic E-state index is 0.0676. The van der Waals surface area contributed by atoms with Crippen LogP contribution in [0, 0.1) is 5.41 Å². The molecular formula is C28H41ClN8O4. The summed E-state index contributed by atoms with van der Waals surface area (Å²) in [5.74, 6) is -0.152. The fourth-order valence-corrected chi connectivity index (χ4v) is 4.64. The van der Waals surface area contributed by atoms with Crippen LogP contribution in [-0.4, -0.2) is 53.2 Å². The number of hydrogen-bond donors (Lipinski definition) is 6. The summed E-state index contributed by atoms with van der Waals surface area (Å²) in [4.78, 5) is 31.7. The second-order valence-corrected chi connectivity index (χ2v) is 11.2. The minimum Gasteiger partial charge on any atom is -0.493 e. The van der Waals surface area contributed by atoms with Gasteiger partial charge in [0.25, 0.3) is 5.91 Å². The molecule has 0 unspecified atom stereocenters. The molecule has 1 aromatic carbocycles. The number of nitrogen functional groups attached to an aromatic ring is 2. The van der Waals surface area contributed by atoms with Crippen LogP contribution in [0.4, 0.5) is 16.4 Å². The molecule has 2 aromatic rings. The van der Waals surface area contributed by atoms with Gasteiger partial charge >= 0.3 is 6.09 Å². The number of halogens is 1. The molecular weight excluding hydrogens is 548 g/mol. The first kappa shape index (κ1) is 31.7. The number of unbranched alkanes of at least 4 members (excludes halogenated alkanes) is 1. The van der Waals surface area contributed by atoms with E-state index in [2.05, 4.69) is 38.1 Å². The van der Waals surface area contributed by atoms with Crippen LogP contribution in [0.15, 0.2) is 12.1 Å². The van der Waals surface area contributed by atoms with Crippen molar-refractivity contribution in [1.29, 1.82) is 5.41 Å². The fourth-order valence-electron chi connectivity index (χ4n) is 4.52. The van der Waals surface area contributed by atoms with Gasteiger partial charge in [-0.2, -0.15) is 0 Å². The third-order valence-electron chi connectivity index (χ3n) is 6.37. The molecule has 12 nitrogen and oxygen atoms in total. The predicted octanol–water partition coefficient (Wildman–Crippen LogP) is 3.74. The van der Waals surface area contributed by atoms with Gasteiger partial charge in [-0.05, 0) is 94.9 Å². The molecule has 0 aliphatic heterocycles. The number of nitrogens with zero attached hydrogens (tertiary/aromatic N) is 2. The van der Waals surface area contributed by atoms with E-state index in [9.17, 15) is 9.59 Å². The highest BCUT2D eigenvalue weighted by Crippen LogP contribution is 2.33. The molecule has 8 N–H and O–H groups in total. The number of ether oxygens (including phenoxy) is 2. The number of aryl methyl sites for hydroxylation is 1. The number of anilines is 2. The Labute approximate surface area is 245 Å². The molecule has 1 aromatic heterocycles. The average Bonchev–Trinajstić information content (AvgIpc) is 2.90. The smallest absolute Gasteiger partial charge is 0.407 e. The molecule has 0 radical (unpaired) electrons. The van der Waals surface area contributed by atoms with E-state index in [0.29, 0.717) is 26.1 Å². The van der Waals surface area contributed by atoms with Crippen molar-refractivity contribution >= 4 is 41.2 Å². The first-order valence-electron chi connectivity index (χ1n) is 13.9. The van der Waals surface area contributed by atoms with Crippen LogP contribution in [0.5, 0.6) is 5.75 Å². The van der Waals surface area contributed by atoms with E-state index < -0.39 is 17.6 Å². The van der Waals surface area contributed by atoms with Crippen LogP contribution >= 0.6 is 11.6 Å². The third kappa shape index (κ3) is 9.96. The Morgan fingerprint density at radius 2 is 1.71 bits per heavy atom.